The molecule has 3 rings (SSSR count). The van der Waals surface area contributed by atoms with E-state index in [4.69, 9.17) is 0 Å². The zero-order chi connectivity index (χ0) is 13.8. The fourth-order valence-corrected chi connectivity index (χ4v) is 3.94. The maximum absolute atomic E-state index is 12.7. The van der Waals surface area contributed by atoms with Crippen molar-refractivity contribution in [3.05, 3.63) is 41.0 Å². The van der Waals surface area contributed by atoms with Crippen LogP contribution < -0.4 is 0 Å². The molecular formula is C18H22O. The van der Waals surface area contributed by atoms with Gasteiger partial charge in [-0.25, -0.2) is 0 Å². The second kappa shape index (κ2) is 3.82. The van der Waals surface area contributed by atoms with E-state index in [1.165, 1.54) is 5.56 Å². The van der Waals surface area contributed by atoms with Crippen molar-refractivity contribution in [2.75, 3.05) is 0 Å². The topological polar surface area (TPSA) is 17.1 Å². The average Bonchev–Trinajstić information content (AvgIpc) is 2.66. The highest BCUT2D eigenvalue weighted by atomic mass is 16.1. The van der Waals surface area contributed by atoms with Crippen LogP contribution in [0.2, 0.25) is 0 Å². The predicted octanol–water partition coefficient (Wildman–Crippen LogP) is 4.40. The number of carbonyl (C=O) groups is 1. The fourth-order valence-electron chi connectivity index (χ4n) is 3.94. The lowest BCUT2D eigenvalue weighted by atomic mass is 9.70. The third-order valence-corrected chi connectivity index (χ3v) is 5.76. The average molecular weight is 254 g/mol. The Bertz CT molecular complexity index is 562. The molecule has 2 saturated carbocycles. The quantitative estimate of drug-likeness (QED) is 0.679. The molecule has 1 unspecified atom stereocenters. The van der Waals surface area contributed by atoms with E-state index in [9.17, 15) is 4.79 Å². The molecule has 0 radical (unpaired) electrons. The number of rotatable bonds is 1. The van der Waals surface area contributed by atoms with E-state index in [0.717, 1.165) is 24.0 Å². The minimum absolute atomic E-state index is 0.112. The summed E-state index contributed by atoms with van der Waals surface area (Å²) in [5, 5.41) is 0. The number of carbonyl (C=O) groups excluding carboxylic acids is 1. The third-order valence-electron chi connectivity index (χ3n) is 5.76. The van der Waals surface area contributed by atoms with E-state index in [0.29, 0.717) is 11.7 Å². The van der Waals surface area contributed by atoms with Crippen LogP contribution in [0.5, 0.6) is 0 Å². The van der Waals surface area contributed by atoms with E-state index >= 15 is 0 Å². The van der Waals surface area contributed by atoms with Crippen LogP contribution in [0.25, 0.3) is 6.08 Å². The summed E-state index contributed by atoms with van der Waals surface area (Å²) in [5.74, 6) is 0.820. The van der Waals surface area contributed by atoms with Crippen LogP contribution >= 0.6 is 0 Å². The largest absolute Gasteiger partial charge is 0.294 e. The van der Waals surface area contributed by atoms with Crippen molar-refractivity contribution in [2.45, 2.75) is 40.5 Å². The van der Waals surface area contributed by atoms with Gasteiger partial charge in [-0.2, -0.15) is 0 Å². The monoisotopic (exact) mass is 254 g/mol. The van der Waals surface area contributed by atoms with Gasteiger partial charge in [-0.05, 0) is 48.3 Å². The Morgan fingerprint density at radius 1 is 1.16 bits per heavy atom. The van der Waals surface area contributed by atoms with Crippen LogP contribution in [0.4, 0.5) is 0 Å². The number of allylic oxidation sites excluding steroid dienone is 1. The van der Waals surface area contributed by atoms with Crippen LogP contribution in [0, 0.1) is 23.7 Å². The molecule has 0 spiro atoms. The summed E-state index contributed by atoms with van der Waals surface area (Å²) in [5.41, 5.74) is 3.44. The number of hydrogen-bond donors (Lipinski definition) is 0. The van der Waals surface area contributed by atoms with Gasteiger partial charge in [0.25, 0.3) is 0 Å². The SMILES string of the molecule is Cc1ccc(C=C2C(=O)[C@@]3(C)CCC2C3(C)C)cc1. The zero-order valence-corrected chi connectivity index (χ0v) is 12.3. The van der Waals surface area contributed by atoms with Gasteiger partial charge in [0, 0.05) is 5.41 Å². The number of ketones is 1. The Morgan fingerprint density at radius 2 is 1.79 bits per heavy atom. The van der Waals surface area contributed by atoms with Crippen molar-refractivity contribution in [3.63, 3.8) is 0 Å². The highest BCUT2D eigenvalue weighted by molar-refractivity contribution is 6.07. The zero-order valence-electron chi connectivity index (χ0n) is 12.3. The van der Waals surface area contributed by atoms with Crippen LogP contribution in [0.15, 0.2) is 29.8 Å². The van der Waals surface area contributed by atoms with Gasteiger partial charge in [-0.3, -0.25) is 4.79 Å². The van der Waals surface area contributed by atoms with Crippen LogP contribution in [-0.2, 0) is 4.79 Å². The fraction of sp³-hybridized carbons (Fsp3) is 0.500. The lowest BCUT2D eigenvalue weighted by Crippen LogP contribution is -2.32. The van der Waals surface area contributed by atoms with Crippen molar-refractivity contribution in [1.29, 1.82) is 0 Å². The number of benzene rings is 1. The standard InChI is InChI=1S/C18H22O/c1-12-5-7-13(8-6-12)11-14-15-9-10-18(4,16(14)19)17(15,2)3/h5-8,11,15H,9-10H2,1-4H3/t15?,18-/m1/s1. The van der Waals surface area contributed by atoms with E-state index in [-0.39, 0.29) is 10.8 Å². The van der Waals surface area contributed by atoms with Crippen LogP contribution in [0.3, 0.4) is 0 Å². The Balaban J connectivity index is 2.04. The van der Waals surface area contributed by atoms with Crippen LogP contribution in [0.1, 0.15) is 44.7 Å². The summed E-state index contributed by atoms with van der Waals surface area (Å²) in [4.78, 5) is 12.7. The van der Waals surface area contributed by atoms with Crippen molar-refractivity contribution in [1.82, 2.24) is 0 Å². The molecule has 0 aromatic heterocycles. The lowest BCUT2D eigenvalue weighted by Gasteiger charge is -2.31. The van der Waals surface area contributed by atoms with E-state index < -0.39 is 0 Å². The first kappa shape index (κ1) is 12.7. The first-order valence-corrected chi connectivity index (χ1v) is 7.19. The molecular weight excluding hydrogens is 232 g/mol. The summed E-state index contributed by atoms with van der Waals surface area (Å²) in [7, 11) is 0. The minimum Gasteiger partial charge on any atom is -0.294 e. The summed E-state index contributed by atoms with van der Waals surface area (Å²) in [6.45, 7) is 8.77. The van der Waals surface area contributed by atoms with Gasteiger partial charge >= 0.3 is 0 Å². The molecule has 1 aromatic rings. The van der Waals surface area contributed by atoms with Gasteiger partial charge in [-0.15, -0.1) is 0 Å². The molecule has 1 nitrogen and oxygen atoms in total. The molecule has 0 N–H and O–H groups in total. The van der Waals surface area contributed by atoms with Crippen molar-refractivity contribution in [3.8, 4) is 0 Å². The first-order chi connectivity index (χ1) is 8.86. The molecule has 1 aromatic carbocycles. The van der Waals surface area contributed by atoms with E-state index in [1.807, 2.05) is 0 Å². The molecule has 0 saturated heterocycles. The van der Waals surface area contributed by atoms with Gasteiger partial charge in [0.15, 0.2) is 5.78 Å². The second-order valence-corrected chi connectivity index (χ2v) is 6.98. The molecule has 2 atom stereocenters. The van der Waals surface area contributed by atoms with Crippen LogP contribution in [-0.4, -0.2) is 5.78 Å². The molecule has 0 aliphatic heterocycles. The minimum atomic E-state index is -0.145. The van der Waals surface area contributed by atoms with Gasteiger partial charge < -0.3 is 0 Å². The summed E-state index contributed by atoms with van der Waals surface area (Å²) >= 11 is 0. The van der Waals surface area contributed by atoms with Crippen molar-refractivity contribution < 1.29 is 4.79 Å². The number of hydrogen-bond acceptors (Lipinski definition) is 1. The summed E-state index contributed by atoms with van der Waals surface area (Å²) in [6, 6.07) is 8.43. The number of fused-ring (bicyclic) bond motifs is 2. The lowest BCUT2D eigenvalue weighted by molar-refractivity contribution is -0.125. The molecule has 100 valence electrons. The van der Waals surface area contributed by atoms with Gasteiger partial charge in [0.1, 0.15) is 0 Å². The normalized spacial score (nSPS) is 34.2. The predicted molar refractivity (Wildman–Crippen MR) is 78.8 cm³/mol. The van der Waals surface area contributed by atoms with Gasteiger partial charge in [-0.1, -0.05) is 50.6 Å². The van der Waals surface area contributed by atoms with Gasteiger partial charge in [0.2, 0.25) is 0 Å². The Kier molecular flexibility index (Phi) is 2.54. The summed E-state index contributed by atoms with van der Waals surface area (Å²) in [6.07, 6.45) is 4.33. The molecule has 2 aliphatic carbocycles. The molecule has 2 fully saturated rings. The maximum atomic E-state index is 12.7. The third kappa shape index (κ3) is 1.57. The molecule has 2 aliphatic rings. The van der Waals surface area contributed by atoms with Crippen molar-refractivity contribution >= 4 is 11.9 Å². The second-order valence-electron chi connectivity index (χ2n) is 6.98. The molecule has 2 bridgehead atoms. The first-order valence-electron chi connectivity index (χ1n) is 7.19. The molecule has 19 heavy (non-hydrogen) atoms. The molecule has 0 heterocycles. The highest BCUT2D eigenvalue weighted by Gasteiger charge is 2.63. The Morgan fingerprint density at radius 3 is 2.32 bits per heavy atom. The summed E-state index contributed by atoms with van der Waals surface area (Å²) < 4.78 is 0. The molecule has 1 heteroatoms. The smallest absolute Gasteiger partial charge is 0.165 e. The van der Waals surface area contributed by atoms with E-state index in [2.05, 4.69) is 58.0 Å². The highest BCUT2D eigenvalue weighted by Crippen LogP contribution is 2.65. The Hall–Kier alpha value is -1.37. The van der Waals surface area contributed by atoms with Gasteiger partial charge in [0.05, 0.1) is 0 Å². The van der Waals surface area contributed by atoms with Crippen molar-refractivity contribution in [2.24, 2.45) is 16.7 Å². The molecule has 0 amide bonds. The Labute approximate surface area is 115 Å². The number of aryl methyl sites for hydroxylation is 1. The van der Waals surface area contributed by atoms with E-state index in [1.54, 1.807) is 0 Å². The number of Topliss-reactive ketones (excluding diaryl/α,β-unsaturated/α-hetero) is 1. The maximum Gasteiger partial charge on any atom is 0.165 e.